The van der Waals surface area contributed by atoms with E-state index in [9.17, 15) is 18.8 Å². The number of nitriles is 1. The normalized spacial score (nSPS) is 14.1. The van der Waals surface area contributed by atoms with Crippen LogP contribution < -0.4 is 5.73 Å². The molecule has 0 bridgehead atoms. The molecule has 10 heteroatoms. The Morgan fingerprint density at radius 2 is 1.90 bits per heavy atom. The summed E-state index contributed by atoms with van der Waals surface area (Å²) in [5.41, 5.74) is 11.0. The number of primary amides is 1. The summed E-state index contributed by atoms with van der Waals surface area (Å²) in [6.07, 6.45) is 6.36. The van der Waals surface area contributed by atoms with Crippen LogP contribution in [0.3, 0.4) is 0 Å². The molecule has 5 aromatic rings. The van der Waals surface area contributed by atoms with Crippen LogP contribution in [0.4, 0.5) is 8.78 Å². The van der Waals surface area contributed by atoms with Crippen molar-refractivity contribution in [1.82, 2.24) is 24.5 Å². The second-order valence-corrected chi connectivity index (χ2v) is 11.6. The molecule has 1 unspecified atom stereocenters. The van der Waals surface area contributed by atoms with Gasteiger partial charge in [-0.3, -0.25) is 9.48 Å². The Balaban J connectivity index is 1.57. The summed E-state index contributed by atoms with van der Waals surface area (Å²) < 4.78 is 31.1. The minimum Gasteiger partial charge on any atom is -0.366 e. The van der Waals surface area contributed by atoms with E-state index in [2.05, 4.69) is 31.9 Å². The number of carbonyl (C=O) groups is 1. The quantitative estimate of drug-likeness (QED) is 0.231. The smallest absolute Gasteiger partial charge is 0.251 e. The molecule has 6 rings (SSSR count). The highest BCUT2D eigenvalue weighted by atomic mass is 19.2. The van der Waals surface area contributed by atoms with Crippen LogP contribution in [0.2, 0.25) is 0 Å². The van der Waals surface area contributed by atoms with Crippen LogP contribution in [0.1, 0.15) is 66.8 Å². The van der Waals surface area contributed by atoms with Crippen LogP contribution in [0.25, 0.3) is 33.1 Å². The molecule has 3 heterocycles. The summed E-state index contributed by atoms with van der Waals surface area (Å²) in [5.74, 6) is -1.66. The number of rotatable bonds is 9. The molecule has 0 saturated heterocycles. The Hall–Kier alpha value is -4.65. The average Bonchev–Trinajstić information content (AvgIpc) is 3.59. The minimum atomic E-state index is -0.932. The van der Waals surface area contributed by atoms with E-state index < -0.39 is 17.5 Å². The van der Waals surface area contributed by atoms with Crippen LogP contribution >= 0.6 is 0 Å². The largest absolute Gasteiger partial charge is 0.366 e. The lowest BCUT2D eigenvalue weighted by Crippen LogP contribution is -2.19. The molecule has 2 N–H and O–H groups in total. The summed E-state index contributed by atoms with van der Waals surface area (Å²) >= 11 is 0. The van der Waals surface area contributed by atoms with Crippen LogP contribution in [0, 0.1) is 34.8 Å². The van der Waals surface area contributed by atoms with Gasteiger partial charge < -0.3 is 5.73 Å². The second-order valence-electron chi connectivity index (χ2n) is 11.6. The Labute approximate surface area is 241 Å². The molecule has 3 aromatic heterocycles. The minimum absolute atomic E-state index is 0.0742. The number of hydrogen-bond donors (Lipinski definition) is 1. The van der Waals surface area contributed by atoms with Gasteiger partial charge in [-0.25, -0.2) is 18.4 Å². The van der Waals surface area contributed by atoms with E-state index in [-0.39, 0.29) is 24.9 Å². The van der Waals surface area contributed by atoms with Crippen molar-refractivity contribution in [2.24, 2.45) is 17.6 Å². The number of benzene rings is 2. The molecule has 42 heavy (non-hydrogen) atoms. The molecule has 8 nitrogen and oxygen atoms in total. The van der Waals surface area contributed by atoms with Gasteiger partial charge in [-0.1, -0.05) is 19.9 Å². The van der Waals surface area contributed by atoms with Crippen molar-refractivity contribution in [3.8, 4) is 17.2 Å². The highest BCUT2D eigenvalue weighted by molar-refractivity contribution is 6.09. The lowest BCUT2D eigenvalue weighted by atomic mass is 9.90. The van der Waals surface area contributed by atoms with Crippen LogP contribution in [-0.2, 0) is 19.4 Å². The van der Waals surface area contributed by atoms with Gasteiger partial charge in [0.1, 0.15) is 0 Å². The molecule has 1 saturated carbocycles. The van der Waals surface area contributed by atoms with Crippen molar-refractivity contribution in [2.45, 2.75) is 59.0 Å². The van der Waals surface area contributed by atoms with Gasteiger partial charge in [0.25, 0.3) is 5.91 Å². The fourth-order valence-corrected chi connectivity index (χ4v) is 5.90. The molecule has 214 valence electrons. The Bertz CT molecular complexity index is 1900. The zero-order valence-corrected chi connectivity index (χ0v) is 23.7. The predicted molar refractivity (Wildman–Crippen MR) is 156 cm³/mol. The van der Waals surface area contributed by atoms with E-state index in [1.165, 1.54) is 6.07 Å². The Morgan fingerprint density at radius 3 is 2.57 bits per heavy atom. The van der Waals surface area contributed by atoms with Crippen molar-refractivity contribution < 1.29 is 13.6 Å². The van der Waals surface area contributed by atoms with E-state index in [0.29, 0.717) is 57.0 Å². The van der Waals surface area contributed by atoms with Gasteiger partial charge in [-0.15, -0.1) is 0 Å². The molecule has 1 aliphatic carbocycles. The lowest BCUT2D eigenvalue weighted by Gasteiger charge is -2.18. The molecule has 1 fully saturated rings. The van der Waals surface area contributed by atoms with Crippen molar-refractivity contribution in [1.29, 1.82) is 5.26 Å². The van der Waals surface area contributed by atoms with Crippen molar-refractivity contribution in [2.75, 3.05) is 0 Å². The van der Waals surface area contributed by atoms with Crippen molar-refractivity contribution in [3.05, 3.63) is 76.7 Å². The van der Waals surface area contributed by atoms with Gasteiger partial charge in [0, 0.05) is 16.3 Å². The van der Waals surface area contributed by atoms with E-state index in [0.717, 1.165) is 35.7 Å². The second kappa shape index (κ2) is 10.6. The first-order chi connectivity index (χ1) is 20.2. The maximum Gasteiger partial charge on any atom is 0.251 e. The fourth-order valence-electron chi connectivity index (χ4n) is 5.90. The SMILES string of the molecule is CC(C)Cc1nc2c(cnn2C(C)C2CC2)c(-c2cc(CC#N)c3c(cnn3Cc3ccc(F)c(F)c3)c2)c1C(N)=O. The number of amides is 1. The number of hydrogen-bond acceptors (Lipinski definition) is 5. The van der Waals surface area contributed by atoms with Gasteiger partial charge >= 0.3 is 0 Å². The zero-order chi connectivity index (χ0) is 29.7. The third-order valence-electron chi connectivity index (χ3n) is 8.04. The Morgan fingerprint density at radius 1 is 1.12 bits per heavy atom. The predicted octanol–water partition coefficient (Wildman–Crippen LogP) is 6.11. The highest BCUT2D eigenvalue weighted by Crippen LogP contribution is 2.42. The molecule has 0 spiro atoms. The van der Waals surface area contributed by atoms with Gasteiger partial charge in [-0.05, 0) is 79.0 Å². The Kier molecular flexibility index (Phi) is 6.97. The van der Waals surface area contributed by atoms with Gasteiger partial charge in [-0.2, -0.15) is 15.5 Å². The van der Waals surface area contributed by atoms with E-state index in [1.807, 2.05) is 16.8 Å². The van der Waals surface area contributed by atoms with Crippen molar-refractivity contribution in [3.63, 3.8) is 0 Å². The number of halogens is 2. The summed E-state index contributed by atoms with van der Waals surface area (Å²) in [7, 11) is 0. The topological polar surface area (TPSA) is 115 Å². The number of aromatic nitrogens is 5. The van der Waals surface area contributed by atoms with Gasteiger partial charge in [0.05, 0.1) is 54.2 Å². The van der Waals surface area contributed by atoms with Crippen LogP contribution in [0.15, 0.2) is 42.7 Å². The van der Waals surface area contributed by atoms with E-state index >= 15 is 0 Å². The first-order valence-electron chi connectivity index (χ1n) is 14.2. The molecule has 0 aliphatic heterocycles. The third-order valence-corrected chi connectivity index (χ3v) is 8.04. The number of nitrogens with zero attached hydrogens (tertiary/aromatic N) is 6. The maximum atomic E-state index is 13.9. The lowest BCUT2D eigenvalue weighted by molar-refractivity contribution is 0.0999. The molecule has 0 radical (unpaired) electrons. The average molecular weight is 568 g/mol. The monoisotopic (exact) mass is 567 g/mol. The van der Waals surface area contributed by atoms with Crippen LogP contribution in [0.5, 0.6) is 0 Å². The maximum absolute atomic E-state index is 13.9. The molecular weight excluding hydrogens is 536 g/mol. The van der Waals surface area contributed by atoms with E-state index in [1.54, 1.807) is 17.1 Å². The first-order valence-corrected chi connectivity index (χ1v) is 14.2. The number of nitrogens with two attached hydrogens (primary N) is 1. The molecule has 1 amide bonds. The first kappa shape index (κ1) is 27.5. The van der Waals surface area contributed by atoms with Gasteiger partial charge in [0.15, 0.2) is 17.3 Å². The third kappa shape index (κ3) is 4.89. The number of pyridine rings is 1. The fraction of sp³-hybridized carbons (Fsp3) is 0.344. The van der Waals surface area contributed by atoms with E-state index in [4.69, 9.17) is 15.8 Å². The number of carbonyl (C=O) groups excluding carboxylic acids is 1. The number of fused-ring (bicyclic) bond motifs is 2. The summed E-state index contributed by atoms with van der Waals surface area (Å²) in [5, 5.41) is 20.4. The summed E-state index contributed by atoms with van der Waals surface area (Å²) in [6, 6.07) is 9.95. The molecule has 1 atom stereocenters. The van der Waals surface area contributed by atoms with Gasteiger partial charge in [0.2, 0.25) is 0 Å². The summed E-state index contributed by atoms with van der Waals surface area (Å²) in [4.78, 5) is 18.0. The van der Waals surface area contributed by atoms with Crippen molar-refractivity contribution >= 4 is 27.8 Å². The standard InChI is InChI=1S/C32H31F2N7O/c1-17(2)10-27-29(31(36)42)28(24-15-38-41(32(24)39-27)18(3)20-5-6-20)22-12-21(8-9-35)30-23(13-22)14-37-40(30)16-19-4-7-25(33)26(34)11-19/h4,7,11-15,17-18,20H,5-6,8,10,16H2,1-3H3,(H2,36,42). The highest BCUT2D eigenvalue weighted by Gasteiger charge is 2.32. The summed E-state index contributed by atoms with van der Waals surface area (Å²) in [6.45, 7) is 6.47. The zero-order valence-electron chi connectivity index (χ0n) is 23.7. The molecule has 2 aromatic carbocycles. The molecule has 1 aliphatic rings. The molecular formula is C32H31F2N7O. The van der Waals surface area contributed by atoms with Crippen LogP contribution in [-0.4, -0.2) is 30.5 Å².